The number of hydrogen-bond acceptors (Lipinski definition) is 2. The molecule has 0 aromatic rings. The van der Waals surface area contributed by atoms with Gasteiger partial charge < -0.3 is 9.80 Å². The number of likely N-dealkylation sites (tertiary alicyclic amines) is 2. The highest BCUT2D eigenvalue weighted by atomic mass is 16.2. The van der Waals surface area contributed by atoms with Crippen LogP contribution in [0.25, 0.3) is 0 Å². The van der Waals surface area contributed by atoms with Crippen LogP contribution < -0.4 is 0 Å². The van der Waals surface area contributed by atoms with E-state index >= 15 is 0 Å². The highest BCUT2D eigenvalue weighted by molar-refractivity contribution is 5.88. The normalized spacial score (nSPS) is 31.0. The highest BCUT2D eigenvalue weighted by Gasteiger charge is 2.54. The van der Waals surface area contributed by atoms with E-state index < -0.39 is 0 Å². The summed E-state index contributed by atoms with van der Waals surface area (Å²) in [5.41, 5.74) is -0.284. The van der Waals surface area contributed by atoms with Crippen LogP contribution in [0, 0.1) is 11.3 Å². The zero-order valence-corrected chi connectivity index (χ0v) is 16.3. The number of nitrogens with zero attached hydrogens (tertiary/aromatic N) is 2. The molecule has 2 amide bonds. The number of rotatable bonds is 4. The van der Waals surface area contributed by atoms with Gasteiger partial charge in [0.2, 0.25) is 11.8 Å². The summed E-state index contributed by atoms with van der Waals surface area (Å²) in [7, 11) is 0. The van der Waals surface area contributed by atoms with Crippen LogP contribution in [0.3, 0.4) is 0 Å². The number of fused-ring (bicyclic) bond motifs is 1. The summed E-state index contributed by atoms with van der Waals surface area (Å²) in [5.74, 6) is 1.25. The summed E-state index contributed by atoms with van der Waals surface area (Å²) in [6.45, 7) is 7.10. The van der Waals surface area contributed by atoms with Gasteiger partial charge in [-0.05, 0) is 44.4 Å². The minimum Gasteiger partial charge on any atom is -0.342 e. The maximum absolute atomic E-state index is 13.6. The summed E-state index contributed by atoms with van der Waals surface area (Å²) in [6.07, 6.45) is 11.5. The molecule has 3 rings (SSSR count). The third-order valence-corrected chi connectivity index (χ3v) is 6.74. The zero-order valence-electron chi connectivity index (χ0n) is 16.3. The Labute approximate surface area is 153 Å². The van der Waals surface area contributed by atoms with Crippen molar-refractivity contribution in [2.75, 3.05) is 19.6 Å². The molecule has 0 aromatic heterocycles. The van der Waals surface area contributed by atoms with Crippen molar-refractivity contribution < 1.29 is 9.59 Å². The van der Waals surface area contributed by atoms with Gasteiger partial charge in [-0.1, -0.05) is 39.5 Å². The van der Waals surface area contributed by atoms with Crippen molar-refractivity contribution in [3.05, 3.63) is 0 Å². The lowest BCUT2D eigenvalue weighted by atomic mass is 9.64. The van der Waals surface area contributed by atoms with Gasteiger partial charge in [-0.2, -0.15) is 0 Å². The van der Waals surface area contributed by atoms with Crippen molar-refractivity contribution in [3.8, 4) is 0 Å². The smallest absolute Gasteiger partial charge is 0.230 e. The molecule has 142 valence electrons. The third kappa shape index (κ3) is 3.88. The Morgan fingerprint density at radius 1 is 1.08 bits per heavy atom. The quantitative estimate of drug-likeness (QED) is 0.771. The number of hydrogen-bond donors (Lipinski definition) is 0. The minimum absolute atomic E-state index is 0.150. The average Bonchev–Trinajstić information content (AvgIpc) is 2.89. The lowest BCUT2D eigenvalue weighted by Crippen LogP contribution is -2.62. The van der Waals surface area contributed by atoms with Crippen LogP contribution in [0.5, 0.6) is 0 Å². The molecule has 3 fully saturated rings. The van der Waals surface area contributed by atoms with E-state index in [0.717, 1.165) is 71.0 Å². The standard InChI is InChI=1S/C21H36N2O2/c1-17(2)11-16-23-18-9-5-6-12-21(18,13-10-19(23)24)20(25)22-14-7-3-4-8-15-22/h17-18H,3-16H2,1-2H3/t18-,21-/m1/s1. The molecule has 2 heterocycles. The molecule has 0 bridgehead atoms. The van der Waals surface area contributed by atoms with E-state index in [4.69, 9.17) is 0 Å². The summed E-state index contributed by atoms with van der Waals surface area (Å²) < 4.78 is 0. The van der Waals surface area contributed by atoms with E-state index in [-0.39, 0.29) is 17.4 Å². The van der Waals surface area contributed by atoms with Gasteiger partial charge in [0, 0.05) is 32.1 Å². The van der Waals surface area contributed by atoms with Crippen LogP contribution in [-0.2, 0) is 9.59 Å². The average molecular weight is 349 g/mol. The molecular weight excluding hydrogens is 312 g/mol. The van der Waals surface area contributed by atoms with Gasteiger partial charge >= 0.3 is 0 Å². The van der Waals surface area contributed by atoms with E-state index in [0.29, 0.717) is 18.2 Å². The topological polar surface area (TPSA) is 40.6 Å². The predicted octanol–water partition coefficient (Wildman–Crippen LogP) is 3.99. The van der Waals surface area contributed by atoms with Crippen molar-refractivity contribution in [3.63, 3.8) is 0 Å². The monoisotopic (exact) mass is 348 g/mol. The van der Waals surface area contributed by atoms with Crippen LogP contribution in [0.15, 0.2) is 0 Å². The Kier molecular flexibility index (Phi) is 6.06. The molecule has 0 N–H and O–H groups in total. The summed E-state index contributed by atoms with van der Waals surface area (Å²) in [6, 6.07) is 0.150. The van der Waals surface area contributed by atoms with Crippen molar-refractivity contribution >= 4 is 11.8 Å². The van der Waals surface area contributed by atoms with E-state index in [1.165, 1.54) is 12.8 Å². The first-order chi connectivity index (χ1) is 12.0. The van der Waals surface area contributed by atoms with Crippen LogP contribution in [0.1, 0.15) is 84.5 Å². The van der Waals surface area contributed by atoms with Gasteiger partial charge in [0.15, 0.2) is 0 Å². The Morgan fingerprint density at radius 2 is 1.80 bits per heavy atom. The molecule has 2 aliphatic heterocycles. The van der Waals surface area contributed by atoms with Gasteiger partial charge in [0.05, 0.1) is 5.41 Å². The summed E-state index contributed by atoms with van der Waals surface area (Å²) in [4.78, 5) is 30.6. The third-order valence-electron chi connectivity index (χ3n) is 6.74. The fourth-order valence-corrected chi connectivity index (χ4v) is 5.24. The molecule has 4 nitrogen and oxygen atoms in total. The second-order valence-corrected chi connectivity index (χ2v) is 8.89. The fourth-order valence-electron chi connectivity index (χ4n) is 5.24. The Morgan fingerprint density at radius 3 is 2.48 bits per heavy atom. The maximum atomic E-state index is 13.6. The van der Waals surface area contributed by atoms with E-state index in [1.54, 1.807) is 0 Å². The van der Waals surface area contributed by atoms with Gasteiger partial charge in [0.25, 0.3) is 0 Å². The Bertz CT molecular complexity index is 482. The number of carbonyl (C=O) groups excluding carboxylic acids is 2. The molecule has 0 unspecified atom stereocenters. The highest BCUT2D eigenvalue weighted by Crippen LogP contribution is 2.48. The van der Waals surface area contributed by atoms with Crippen molar-refractivity contribution in [1.82, 2.24) is 9.80 Å². The van der Waals surface area contributed by atoms with E-state index in [9.17, 15) is 9.59 Å². The molecule has 25 heavy (non-hydrogen) atoms. The molecule has 4 heteroatoms. The Balaban J connectivity index is 1.82. The lowest BCUT2D eigenvalue weighted by Gasteiger charge is -2.53. The summed E-state index contributed by atoms with van der Waals surface area (Å²) in [5, 5.41) is 0. The van der Waals surface area contributed by atoms with Gasteiger partial charge in [-0.3, -0.25) is 9.59 Å². The van der Waals surface area contributed by atoms with Gasteiger partial charge in [-0.15, -0.1) is 0 Å². The van der Waals surface area contributed by atoms with Crippen LogP contribution in [0.2, 0.25) is 0 Å². The van der Waals surface area contributed by atoms with Gasteiger partial charge in [0.1, 0.15) is 0 Å². The van der Waals surface area contributed by atoms with Crippen molar-refractivity contribution in [1.29, 1.82) is 0 Å². The zero-order chi connectivity index (χ0) is 17.9. The van der Waals surface area contributed by atoms with Crippen molar-refractivity contribution in [2.24, 2.45) is 11.3 Å². The second-order valence-electron chi connectivity index (χ2n) is 8.89. The molecule has 3 aliphatic rings. The molecule has 0 radical (unpaired) electrons. The minimum atomic E-state index is -0.284. The summed E-state index contributed by atoms with van der Waals surface area (Å²) >= 11 is 0. The van der Waals surface area contributed by atoms with Crippen LogP contribution in [-0.4, -0.2) is 47.3 Å². The number of piperidine rings is 1. The molecular formula is C21H36N2O2. The first-order valence-corrected chi connectivity index (χ1v) is 10.6. The molecule has 0 spiro atoms. The fraction of sp³-hybridized carbons (Fsp3) is 0.905. The number of carbonyl (C=O) groups is 2. The molecule has 2 atom stereocenters. The Hall–Kier alpha value is -1.06. The molecule has 1 aliphatic carbocycles. The number of amides is 2. The first-order valence-electron chi connectivity index (χ1n) is 10.6. The molecule has 2 saturated heterocycles. The maximum Gasteiger partial charge on any atom is 0.230 e. The molecule has 0 aromatic carbocycles. The lowest BCUT2D eigenvalue weighted by molar-refractivity contribution is -0.162. The van der Waals surface area contributed by atoms with Crippen molar-refractivity contribution in [2.45, 2.75) is 90.5 Å². The molecule has 1 saturated carbocycles. The first kappa shape index (κ1) is 18.7. The van der Waals surface area contributed by atoms with Crippen LogP contribution >= 0.6 is 0 Å². The predicted molar refractivity (Wildman–Crippen MR) is 100 cm³/mol. The second kappa shape index (κ2) is 8.09. The SMILES string of the molecule is CC(C)CCN1C(=O)CC[C@]2(C(=O)N3CCCCCC3)CCCC[C@@H]12. The van der Waals surface area contributed by atoms with E-state index in [1.807, 2.05) is 0 Å². The van der Waals surface area contributed by atoms with Crippen LogP contribution in [0.4, 0.5) is 0 Å². The van der Waals surface area contributed by atoms with E-state index in [2.05, 4.69) is 23.6 Å². The largest absolute Gasteiger partial charge is 0.342 e. The van der Waals surface area contributed by atoms with Gasteiger partial charge in [-0.25, -0.2) is 0 Å².